The molecule has 10 heteroatoms. The van der Waals surface area contributed by atoms with Crippen LogP contribution in [0.25, 0.3) is 16.7 Å². The predicted octanol–water partition coefficient (Wildman–Crippen LogP) is 2.27. The van der Waals surface area contributed by atoms with Gasteiger partial charge in [-0.2, -0.15) is 4.31 Å². The molecule has 1 aliphatic rings. The minimum atomic E-state index is -3.73. The van der Waals surface area contributed by atoms with E-state index in [0.717, 1.165) is 16.7 Å². The highest BCUT2D eigenvalue weighted by atomic mass is 32.2. The summed E-state index contributed by atoms with van der Waals surface area (Å²) in [6.45, 7) is 0.937. The van der Waals surface area contributed by atoms with Crippen molar-refractivity contribution in [2.75, 3.05) is 26.2 Å². The first-order valence-corrected chi connectivity index (χ1v) is 12.5. The number of imidazole rings is 1. The average Bonchev–Trinajstić information content (AvgIpc) is 3.33. The molecule has 0 bridgehead atoms. The standard InChI is InChI=1S/C25H23N5O4S/c26-24(31)18-7-11-21(12-8-18)35(33,34)29-15-13-28(14-16-29)25(32)19-5-9-20(10-6-19)30-17-27-22-3-1-2-4-23(22)30/h1-12,17H,13-16H2,(H2,26,31). The molecule has 0 atom stereocenters. The van der Waals surface area contributed by atoms with Gasteiger partial charge in [0.05, 0.1) is 15.9 Å². The molecule has 1 aromatic heterocycles. The van der Waals surface area contributed by atoms with Crippen LogP contribution in [0.2, 0.25) is 0 Å². The fourth-order valence-electron chi connectivity index (χ4n) is 4.18. The summed E-state index contributed by atoms with van der Waals surface area (Å²) in [6, 6.07) is 20.6. The Hall–Kier alpha value is -4.02. The summed E-state index contributed by atoms with van der Waals surface area (Å²) in [5, 5.41) is 0. The Morgan fingerprint density at radius 1 is 0.800 bits per heavy atom. The molecule has 178 valence electrons. The van der Waals surface area contributed by atoms with Crippen molar-refractivity contribution in [2.24, 2.45) is 5.73 Å². The van der Waals surface area contributed by atoms with Crippen LogP contribution in [0.4, 0.5) is 0 Å². The number of hydrogen-bond acceptors (Lipinski definition) is 5. The van der Waals surface area contributed by atoms with Gasteiger partial charge in [-0.05, 0) is 60.7 Å². The minimum Gasteiger partial charge on any atom is -0.366 e. The van der Waals surface area contributed by atoms with E-state index >= 15 is 0 Å². The second-order valence-electron chi connectivity index (χ2n) is 8.24. The van der Waals surface area contributed by atoms with E-state index in [4.69, 9.17) is 5.73 Å². The Balaban J connectivity index is 1.25. The zero-order chi connectivity index (χ0) is 24.6. The third-order valence-electron chi connectivity index (χ3n) is 6.15. The van der Waals surface area contributed by atoms with Crippen LogP contribution in [0.3, 0.4) is 0 Å². The highest BCUT2D eigenvalue weighted by molar-refractivity contribution is 7.89. The molecule has 1 aliphatic heterocycles. The Labute approximate surface area is 202 Å². The van der Waals surface area contributed by atoms with Crippen LogP contribution in [0, 0.1) is 0 Å². The third-order valence-corrected chi connectivity index (χ3v) is 8.06. The fraction of sp³-hybridized carbons (Fsp3) is 0.160. The van der Waals surface area contributed by atoms with Gasteiger partial charge in [0.1, 0.15) is 6.33 Å². The molecule has 0 saturated carbocycles. The minimum absolute atomic E-state index is 0.0879. The van der Waals surface area contributed by atoms with Gasteiger partial charge in [-0.25, -0.2) is 13.4 Å². The van der Waals surface area contributed by atoms with Gasteiger partial charge in [0, 0.05) is 43.0 Å². The van der Waals surface area contributed by atoms with Crippen molar-refractivity contribution >= 4 is 32.9 Å². The number of benzene rings is 3. The number of primary amides is 1. The summed E-state index contributed by atoms with van der Waals surface area (Å²) in [7, 11) is -3.73. The number of para-hydroxylation sites is 2. The summed E-state index contributed by atoms with van der Waals surface area (Å²) in [5.41, 5.74) is 8.77. The first-order valence-electron chi connectivity index (χ1n) is 11.1. The topological polar surface area (TPSA) is 119 Å². The van der Waals surface area contributed by atoms with Crippen molar-refractivity contribution in [3.8, 4) is 5.69 Å². The number of nitrogens with zero attached hydrogens (tertiary/aromatic N) is 4. The fourth-order valence-corrected chi connectivity index (χ4v) is 5.61. The van der Waals surface area contributed by atoms with Crippen LogP contribution in [0.1, 0.15) is 20.7 Å². The molecule has 1 saturated heterocycles. The largest absolute Gasteiger partial charge is 0.366 e. The Morgan fingerprint density at radius 2 is 1.43 bits per heavy atom. The maximum absolute atomic E-state index is 13.0. The molecule has 1 fully saturated rings. The second-order valence-corrected chi connectivity index (χ2v) is 10.2. The van der Waals surface area contributed by atoms with Crippen LogP contribution < -0.4 is 5.73 Å². The quantitative estimate of drug-likeness (QED) is 0.461. The van der Waals surface area contributed by atoms with Crippen molar-refractivity contribution in [1.82, 2.24) is 18.8 Å². The van der Waals surface area contributed by atoms with E-state index in [-0.39, 0.29) is 42.5 Å². The van der Waals surface area contributed by atoms with E-state index in [0.29, 0.717) is 5.56 Å². The van der Waals surface area contributed by atoms with E-state index in [1.54, 1.807) is 23.4 Å². The SMILES string of the molecule is NC(=O)c1ccc(S(=O)(=O)N2CCN(C(=O)c3ccc(-n4cnc5ccccc54)cc3)CC2)cc1. The number of amides is 2. The van der Waals surface area contributed by atoms with Crippen molar-refractivity contribution in [2.45, 2.75) is 4.90 Å². The normalized spacial score (nSPS) is 14.8. The Kier molecular flexibility index (Phi) is 5.83. The summed E-state index contributed by atoms with van der Waals surface area (Å²) < 4.78 is 29.2. The number of rotatable bonds is 5. The third kappa shape index (κ3) is 4.29. The second kappa shape index (κ2) is 8.97. The summed E-state index contributed by atoms with van der Waals surface area (Å²) >= 11 is 0. The number of piperazine rings is 1. The lowest BCUT2D eigenvalue weighted by atomic mass is 10.1. The number of carbonyl (C=O) groups excluding carboxylic acids is 2. The number of fused-ring (bicyclic) bond motifs is 1. The zero-order valence-electron chi connectivity index (χ0n) is 18.7. The Morgan fingerprint density at radius 3 is 2.09 bits per heavy atom. The van der Waals surface area contributed by atoms with E-state index in [1.807, 2.05) is 41.0 Å². The van der Waals surface area contributed by atoms with Gasteiger partial charge in [0.25, 0.3) is 5.91 Å². The average molecular weight is 490 g/mol. The van der Waals surface area contributed by atoms with Crippen molar-refractivity contribution in [1.29, 1.82) is 0 Å². The molecule has 9 nitrogen and oxygen atoms in total. The molecule has 4 aromatic rings. The van der Waals surface area contributed by atoms with Crippen molar-refractivity contribution in [3.63, 3.8) is 0 Å². The number of sulfonamides is 1. The molecule has 0 unspecified atom stereocenters. The van der Waals surface area contributed by atoms with Crippen LogP contribution in [-0.4, -0.2) is 65.2 Å². The van der Waals surface area contributed by atoms with Crippen molar-refractivity contribution in [3.05, 3.63) is 90.3 Å². The number of aromatic nitrogens is 2. The lowest BCUT2D eigenvalue weighted by Crippen LogP contribution is -2.50. The molecular formula is C25H23N5O4S. The van der Waals surface area contributed by atoms with Crippen LogP contribution in [0.5, 0.6) is 0 Å². The lowest BCUT2D eigenvalue weighted by Gasteiger charge is -2.34. The first kappa shape index (κ1) is 22.8. The van der Waals surface area contributed by atoms with E-state index in [9.17, 15) is 18.0 Å². The molecule has 0 spiro atoms. The smallest absolute Gasteiger partial charge is 0.253 e. The molecule has 5 rings (SSSR count). The van der Waals surface area contributed by atoms with E-state index < -0.39 is 15.9 Å². The maximum Gasteiger partial charge on any atom is 0.253 e. The summed E-state index contributed by atoms with van der Waals surface area (Å²) in [4.78, 5) is 30.4. The number of hydrogen-bond donors (Lipinski definition) is 1. The van der Waals surface area contributed by atoms with Crippen LogP contribution >= 0.6 is 0 Å². The molecule has 35 heavy (non-hydrogen) atoms. The lowest BCUT2D eigenvalue weighted by molar-refractivity contribution is 0.0698. The monoisotopic (exact) mass is 489 g/mol. The summed E-state index contributed by atoms with van der Waals surface area (Å²) in [5.74, 6) is -0.762. The van der Waals surface area contributed by atoms with Crippen LogP contribution in [0.15, 0.2) is 84.0 Å². The Bertz CT molecular complexity index is 1500. The van der Waals surface area contributed by atoms with Crippen molar-refractivity contribution < 1.29 is 18.0 Å². The highest BCUT2D eigenvalue weighted by Gasteiger charge is 2.30. The van der Waals surface area contributed by atoms with Gasteiger partial charge in [-0.3, -0.25) is 14.2 Å². The van der Waals surface area contributed by atoms with Crippen LogP contribution in [-0.2, 0) is 10.0 Å². The summed E-state index contributed by atoms with van der Waals surface area (Å²) in [6.07, 6.45) is 1.75. The van der Waals surface area contributed by atoms with Gasteiger partial charge < -0.3 is 10.6 Å². The molecule has 0 aliphatic carbocycles. The van der Waals surface area contributed by atoms with Gasteiger partial charge in [-0.1, -0.05) is 12.1 Å². The number of carbonyl (C=O) groups is 2. The van der Waals surface area contributed by atoms with E-state index in [2.05, 4.69) is 4.98 Å². The first-order chi connectivity index (χ1) is 16.8. The van der Waals surface area contributed by atoms with Gasteiger partial charge >= 0.3 is 0 Å². The predicted molar refractivity (Wildman–Crippen MR) is 131 cm³/mol. The zero-order valence-corrected chi connectivity index (χ0v) is 19.6. The molecule has 0 radical (unpaired) electrons. The van der Waals surface area contributed by atoms with E-state index in [1.165, 1.54) is 28.6 Å². The molecule has 2 N–H and O–H groups in total. The highest BCUT2D eigenvalue weighted by Crippen LogP contribution is 2.21. The molecule has 2 amide bonds. The van der Waals surface area contributed by atoms with Gasteiger partial charge in [0.15, 0.2) is 0 Å². The van der Waals surface area contributed by atoms with Gasteiger partial charge in [0.2, 0.25) is 15.9 Å². The maximum atomic E-state index is 13.0. The molecular weight excluding hydrogens is 466 g/mol. The molecule has 2 heterocycles. The molecule has 3 aromatic carbocycles. The number of nitrogens with two attached hydrogens (primary N) is 1. The van der Waals surface area contributed by atoms with Gasteiger partial charge in [-0.15, -0.1) is 0 Å².